The van der Waals surface area contributed by atoms with Crippen molar-refractivity contribution in [1.29, 1.82) is 0 Å². The molecule has 0 bridgehead atoms. The summed E-state index contributed by atoms with van der Waals surface area (Å²) in [6.07, 6.45) is 3.16. The van der Waals surface area contributed by atoms with Crippen molar-refractivity contribution in [2.24, 2.45) is 0 Å². The van der Waals surface area contributed by atoms with E-state index in [0.717, 1.165) is 24.4 Å². The fourth-order valence-electron chi connectivity index (χ4n) is 1.11. The van der Waals surface area contributed by atoms with Crippen LogP contribution < -0.4 is 5.32 Å². The summed E-state index contributed by atoms with van der Waals surface area (Å²) < 4.78 is 0.487. The molecule has 5 heteroatoms. The summed E-state index contributed by atoms with van der Waals surface area (Å²) in [6, 6.07) is 0. The highest BCUT2D eigenvalue weighted by Gasteiger charge is 2.05. The third-order valence-electron chi connectivity index (χ3n) is 1.79. The van der Waals surface area contributed by atoms with Crippen molar-refractivity contribution < 1.29 is 0 Å². The molecule has 15 heavy (non-hydrogen) atoms. The Morgan fingerprint density at radius 2 is 2.27 bits per heavy atom. The van der Waals surface area contributed by atoms with E-state index in [0.29, 0.717) is 9.62 Å². The molecular formula is C10H14Cl2N2S. The number of hydrogen-bond donors (Lipinski definition) is 1. The van der Waals surface area contributed by atoms with Crippen LogP contribution in [0.25, 0.3) is 6.08 Å². The highest BCUT2D eigenvalue weighted by atomic mass is 35.5. The molecule has 1 aromatic heterocycles. The lowest BCUT2D eigenvalue weighted by molar-refractivity contribution is 0.715. The van der Waals surface area contributed by atoms with Crippen LogP contribution in [0.3, 0.4) is 0 Å². The van der Waals surface area contributed by atoms with Crippen molar-refractivity contribution in [3.05, 3.63) is 20.1 Å². The first-order valence-corrected chi connectivity index (χ1v) is 6.40. The van der Waals surface area contributed by atoms with Gasteiger partial charge in [0.1, 0.15) is 5.15 Å². The molecule has 0 atom stereocenters. The van der Waals surface area contributed by atoms with Crippen LogP contribution in [0.2, 0.25) is 9.62 Å². The maximum atomic E-state index is 5.90. The van der Waals surface area contributed by atoms with Gasteiger partial charge in [0.15, 0.2) is 4.47 Å². The van der Waals surface area contributed by atoms with Crippen LogP contribution in [0.1, 0.15) is 25.1 Å². The number of nitrogens with zero attached hydrogens (tertiary/aromatic N) is 1. The molecule has 0 unspecified atom stereocenters. The molecule has 0 amide bonds. The number of halogens is 2. The number of rotatable bonds is 5. The third-order valence-corrected chi connectivity index (χ3v) is 3.30. The first kappa shape index (κ1) is 13.0. The zero-order chi connectivity index (χ0) is 11.3. The van der Waals surface area contributed by atoms with Crippen LogP contribution in [0, 0.1) is 0 Å². The summed E-state index contributed by atoms with van der Waals surface area (Å²) >= 11 is 13.1. The minimum absolute atomic E-state index is 0.486. The Balaban J connectivity index is 2.58. The molecule has 0 spiro atoms. The average molecular weight is 265 g/mol. The molecule has 84 valence electrons. The lowest BCUT2D eigenvalue weighted by atomic mass is 10.2. The third kappa shape index (κ3) is 4.51. The van der Waals surface area contributed by atoms with E-state index < -0.39 is 0 Å². The molecule has 0 saturated heterocycles. The van der Waals surface area contributed by atoms with Crippen molar-refractivity contribution in [3.63, 3.8) is 0 Å². The average Bonchev–Trinajstić information content (AvgIpc) is 2.45. The summed E-state index contributed by atoms with van der Waals surface area (Å²) in [7, 11) is 0. The van der Waals surface area contributed by atoms with Crippen LogP contribution in [0.5, 0.6) is 0 Å². The minimum atomic E-state index is 0.486. The maximum absolute atomic E-state index is 5.90. The van der Waals surface area contributed by atoms with Crippen LogP contribution >= 0.6 is 34.5 Å². The SMILES string of the molecule is CCCNCC(C)=Cc1sc(Cl)nc1Cl. The molecule has 0 fully saturated rings. The van der Waals surface area contributed by atoms with Gasteiger partial charge >= 0.3 is 0 Å². The lowest BCUT2D eigenvalue weighted by Crippen LogP contribution is -2.16. The zero-order valence-electron chi connectivity index (χ0n) is 8.81. The van der Waals surface area contributed by atoms with Crippen molar-refractivity contribution in [3.8, 4) is 0 Å². The Hall–Kier alpha value is -0.0900. The van der Waals surface area contributed by atoms with E-state index in [2.05, 4.69) is 24.1 Å². The topological polar surface area (TPSA) is 24.9 Å². The van der Waals surface area contributed by atoms with Crippen molar-refractivity contribution in [2.75, 3.05) is 13.1 Å². The molecule has 0 saturated carbocycles. The maximum Gasteiger partial charge on any atom is 0.185 e. The van der Waals surface area contributed by atoms with Gasteiger partial charge in [0.05, 0.1) is 4.88 Å². The summed E-state index contributed by atoms with van der Waals surface area (Å²) in [5.74, 6) is 0. The monoisotopic (exact) mass is 264 g/mol. The smallest absolute Gasteiger partial charge is 0.185 e. The Labute approximate surface area is 104 Å². The first-order valence-electron chi connectivity index (χ1n) is 4.83. The number of thiazole rings is 1. The molecule has 0 aliphatic carbocycles. The van der Waals surface area contributed by atoms with Crippen molar-refractivity contribution in [1.82, 2.24) is 10.3 Å². The van der Waals surface area contributed by atoms with Gasteiger partial charge in [-0.1, -0.05) is 35.7 Å². The molecule has 1 aromatic rings. The second-order valence-electron chi connectivity index (χ2n) is 3.29. The molecule has 0 aromatic carbocycles. The van der Waals surface area contributed by atoms with Gasteiger partial charge in [-0.3, -0.25) is 0 Å². The summed E-state index contributed by atoms with van der Waals surface area (Å²) in [6.45, 7) is 6.11. The molecule has 1 N–H and O–H groups in total. The van der Waals surface area contributed by atoms with E-state index in [-0.39, 0.29) is 0 Å². The minimum Gasteiger partial charge on any atom is -0.313 e. The van der Waals surface area contributed by atoms with Crippen LogP contribution in [-0.2, 0) is 0 Å². The Bertz CT molecular complexity index is 347. The highest BCUT2D eigenvalue weighted by molar-refractivity contribution is 7.17. The molecule has 0 aliphatic rings. The first-order chi connectivity index (χ1) is 7.13. The van der Waals surface area contributed by atoms with Gasteiger partial charge in [0.2, 0.25) is 0 Å². The van der Waals surface area contributed by atoms with E-state index in [1.54, 1.807) is 0 Å². The van der Waals surface area contributed by atoms with Crippen LogP contribution in [0.4, 0.5) is 0 Å². The molecule has 1 heterocycles. The van der Waals surface area contributed by atoms with E-state index in [4.69, 9.17) is 23.2 Å². The van der Waals surface area contributed by atoms with Gasteiger partial charge in [0.25, 0.3) is 0 Å². The van der Waals surface area contributed by atoms with Crippen LogP contribution in [0.15, 0.2) is 5.57 Å². The number of hydrogen-bond acceptors (Lipinski definition) is 3. The molecule has 1 rings (SSSR count). The van der Waals surface area contributed by atoms with E-state index in [1.165, 1.54) is 16.9 Å². The van der Waals surface area contributed by atoms with Gasteiger partial charge in [-0.05, 0) is 26.0 Å². The summed E-state index contributed by atoms with van der Waals surface area (Å²) in [5, 5.41) is 3.81. The molecule has 2 nitrogen and oxygen atoms in total. The standard InChI is InChI=1S/C10H14Cl2N2S/c1-3-4-13-6-7(2)5-8-9(11)14-10(12)15-8/h5,13H,3-4,6H2,1-2H3. The predicted octanol–water partition coefficient (Wildman–Crippen LogP) is 3.85. The van der Waals surface area contributed by atoms with E-state index in [9.17, 15) is 0 Å². The summed E-state index contributed by atoms with van der Waals surface area (Å²) in [5.41, 5.74) is 1.23. The van der Waals surface area contributed by atoms with Gasteiger partial charge in [-0.2, -0.15) is 0 Å². The second-order valence-corrected chi connectivity index (χ2v) is 5.26. The number of nitrogens with one attached hydrogen (secondary N) is 1. The lowest BCUT2D eigenvalue weighted by Gasteiger charge is -2.02. The molecule has 0 radical (unpaired) electrons. The fourth-order valence-corrected chi connectivity index (χ4v) is 2.50. The Morgan fingerprint density at radius 3 is 2.80 bits per heavy atom. The van der Waals surface area contributed by atoms with Gasteiger partial charge < -0.3 is 5.32 Å². The van der Waals surface area contributed by atoms with Crippen molar-refractivity contribution >= 4 is 40.6 Å². The van der Waals surface area contributed by atoms with Crippen molar-refractivity contribution in [2.45, 2.75) is 20.3 Å². The highest BCUT2D eigenvalue weighted by Crippen LogP contribution is 2.28. The second kappa shape index (κ2) is 6.48. The predicted molar refractivity (Wildman–Crippen MR) is 68.9 cm³/mol. The molecular weight excluding hydrogens is 251 g/mol. The normalized spacial score (nSPS) is 12.1. The van der Waals surface area contributed by atoms with Gasteiger partial charge in [-0.25, -0.2) is 4.98 Å². The quantitative estimate of drug-likeness (QED) is 0.818. The fraction of sp³-hybridized carbons (Fsp3) is 0.500. The number of aromatic nitrogens is 1. The van der Waals surface area contributed by atoms with Crippen LogP contribution in [-0.4, -0.2) is 18.1 Å². The largest absolute Gasteiger partial charge is 0.313 e. The van der Waals surface area contributed by atoms with E-state index >= 15 is 0 Å². The summed E-state index contributed by atoms with van der Waals surface area (Å²) in [4.78, 5) is 4.87. The van der Waals surface area contributed by atoms with E-state index in [1.807, 2.05) is 6.08 Å². The Kier molecular flexibility index (Phi) is 5.61. The zero-order valence-corrected chi connectivity index (χ0v) is 11.1. The van der Waals surface area contributed by atoms with Gasteiger partial charge in [0, 0.05) is 6.54 Å². The Morgan fingerprint density at radius 1 is 1.53 bits per heavy atom. The van der Waals surface area contributed by atoms with Gasteiger partial charge in [-0.15, -0.1) is 11.3 Å². The molecule has 0 aliphatic heterocycles.